The van der Waals surface area contributed by atoms with E-state index < -0.39 is 0 Å². The van der Waals surface area contributed by atoms with Crippen LogP contribution in [0.15, 0.2) is 18.2 Å². The fourth-order valence-corrected chi connectivity index (χ4v) is 1.74. The molecule has 86 valence electrons. The monoisotopic (exact) mass is 237 g/mol. The Kier molecular flexibility index (Phi) is 5.10. The Bertz CT molecular complexity index is 384. The highest BCUT2D eigenvalue weighted by atomic mass is 35.5. The molecule has 0 spiro atoms. The summed E-state index contributed by atoms with van der Waals surface area (Å²) in [6, 6.07) is 7.69. The largest absolute Gasteiger partial charge is 0.399 e. The Morgan fingerprint density at radius 2 is 2.25 bits per heavy atom. The van der Waals surface area contributed by atoms with E-state index in [1.807, 2.05) is 12.1 Å². The molecule has 0 unspecified atom stereocenters. The molecule has 0 atom stereocenters. The van der Waals surface area contributed by atoms with E-state index in [1.54, 1.807) is 6.07 Å². The molecule has 0 bridgehead atoms. The summed E-state index contributed by atoms with van der Waals surface area (Å²) in [6.07, 6.45) is 0.542. The van der Waals surface area contributed by atoms with Gasteiger partial charge in [-0.15, -0.1) is 0 Å². The highest BCUT2D eigenvalue weighted by Crippen LogP contribution is 2.20. The van der Waals surface area contributed by atoms with Gasteiger partial charge in [0.25, 0.3) is 0 Å². The lowest BCUT2D eigenvalue weighted by Gasteiger charge is -2.19. The average molecular weight is 238 g/mol. The van der Waals surface area contributed by atoms with Crippen LogP contribution in [-0.4, -0.2) is 18.0 Å². The topological polar surface area (TPSA) is 53.0 Å². The summed E-state index contributed by atoms with van der Waals surface area (Å²) in [6.45, 7) is 4.51. The van der Waals surface area contributed by atoms with Gasteiger partial charge in [-0.3, -0.25) is 4.90 Å². The van der Waals surface area contributed by atoms with E-state index in [0.29, 0.717) is 17.1 Å². The van der Waals surface area contributed by atoms with E-state index in [4.69, 9.17) is 22.6 Å². The Labute approximate surface area is 101 Å². The average Bonchev–Trinajstić information content (AvgIpc) is 2.27. The van der Waals surface area contributed by atoms with Crippen LogP contribution in [-0.2, 0) is 6.54 Å². The first-order chi connectivity index (χ1) is 7.67. The maximum Gasteiger partial charge on any atom is 0.0635 e. The second kappa shape index (κ2) is 6.37. The third kappa shape index (κ3) is 3.73. The zero-order valence-corrected chi connectivity index (χ0v) is 10.2. The number of nitrogens with two attached hydrogens (primary N) is 1. The summed E-state index contributed by atoms with van der Waals surface area (Å²) in [5.41, 5.74) is 7.36. The number of hydrogen-bond donors (Lipinski definition) is 1. The molecule has 1 rings (SSSR count). The van der Waals surface area contributed by atoms with Gasteiger partial charge in [-0.05, 0) is 24.2 Å². The van der Waals surface area contributed by atoms with Crippen molar-refractivity contribution in [3.8, 4) is 6.07 Å². The third-order valence-electron chi connectivity index (χ3n) is 2.46. The molecule has 16 heavy (non-hydrogen) atoms. The summed E-state index contributed by atoms with van der Waals surface area (Å²) in [7, 11) is 0. The van der Waals surface area contributed by atoms with Crippen LogP contribution in [0.5, 0.6) is 0 Å². The summed E-state index contributed by atoms with van der Waals surface area (Å²) in [5.74, 6) is 0. The first-order valence-corrected chi connectivity index (χ1v) is 5.68. The smallest absolute Gasteiger partial charge is 0.0635 e. The minimum Gasteiger partial charge on any atom is -0.399 e. The van der Waals surface area contributed by atoms with Gasteiger partial charge in [-0.2, -0.15) is 5.26 Å². The van der Waals surface area contributed by atoms with Crippen LogP contribution in [0, 0.1) is 11.3 Å². The van der Waals surface area contributed by atoms with E-state index in [9.17, 15) is 0 Å². The quantitative estimate of drug-likeness (QED) is 0.801. The van der Waals surface area contributed by atoms with Crippen molar-refractivity contribution in [3.05, 3.63) is 28.8 Å². The molecule has 0 amide bonds. The normalized spacial score (nSPS) is 10.4. The van der Waals surface area contributed by atoms with Gasteiger partial charge in [0.2, 0.25) is 0 Å². The number of halogens is 1. The van der Waals surface area contributed by atoms with E-state index in [-0.39, 0.29) is 0 Å². The Morgan fingerprint density at radius 1 is 1.50 bits per heavy atom. The third-order valence-corrected chi connectivity index (χ3v) is 2.81. The number of benzene rings is 1. The highest BCUT2D eigenvalue weighted by molar-refractivity contribution is 6.31. The molecule has 0 aliphatic rings. The minimum atomic E-state index is 0.542. The molecule has 0 radical (unpaired) electrons. The van der Waals surface area contributed by atoms with Crippen LogP contribution in [0.1, 0.15) is 18.9 Å². The van der Waals surface area contributed by atoms with Gasteiger partial charge in [0.1, 0.15) is 0 Å². The molecular weight excluding hydrogens is 222 g/mol. The van der Waals surface area contributed by atoms with Crippen LogP contribution in [0.4, 0.5) is 5.69 Å². The Hall–Kier alpha value is -1.24. The number of anilines is 1. The summed E-state index contributed by atoms with van der Waals surface area (Å²) in [5, 5.41) is 9.24. The van der Waals surface area contributed by atoms with Crippen LogP contribution >= 0.6 is 11.6 Å². The highest BCUT2D eigenvalue weighted by Gasteiger charge is 2.06. The van der Waals surface area contributed by atoms with Gasteiger partial charge in [0.15, 0.2) is 0 Å². The van der Waals surface area contributed by atoms with E-state index in [0.717, 1.165) is 25.2 Å². The molecule has 3 nitrogen and oxygen atoms in total. The molecule has 1 aromatic carbocycles. The van der Waals surface area contributed by atoms with Crippen LogP contribution in [0.25, 0.3) is 0 Å². The van der Waals surface area contributed by atoms with Crippen molar-refractivity contribution >= 4 is 17.3 Å². The van der Waals surface area contributed by atoms with Crippen molar-refractivity contribution in [2.45, 2.75) is 19.9 Å². The lowest BCUT2D eigenvalue weighted by molar-refractivity contribution is 0.287. The van der Waals surface area contributed by atoms with Gasteiger partial charge in [0.05, 0.1) is 6.07 Å². The van der Waals surface area contributed by atoms with Gasteiger partial charge < -0.3 is 5.73 Å². The predicted molar refractivity (Wildman–Crippen MR) is 67.0 cm³/mol. The minimum absolute atomic E-state index is 0.542. The van der Waals surface area contributed by atoms with Crippen LogP contribution < -0.4 is 5.73 Å². The van der Waals surface area contributed by atoms with Crippen LogP contribution in [0.2, 0.25) is 5.02 Å². The van der Waals surface area contributed by atoms with Crippen molar-refractivity contribution in [1.82, 2.24) is 4.90 Å². The molecule has 2 N–H and O–H groups in total. The summed E-state index contributed by atoms with van der Waals surface area (Å²) in [4.78, 5) is 2.18. The zero-order chi connectivity index (χ0) is 12.0. The SMILES string of the molecule is CCN(CCC#N)Cc1ccc(N)cc1Cl. The summed E-state index contributed by atoms with van der Waals surface area (Å²) < 4.78 is 0. The number of rotatable bonds is 5. The van der Waals surface area contributed by atoms with E-state index in [1.165, 1.54) is 0 Å². The number of hydrogen-bond acceptors (Lipinski definition) is 3. The molecule has 0 aromatic heterocycles. The molecule has 0 saturated heterocycles. The van der Waals surface area contributed by atoms with Gasteiger partial charge in [-0.25, -0.2) is 0 Å². The van der Waals surface area contributed by atoms with Crippen molar-refractivity contribution in [1.29, 1.82) is 5.26 Å². The first-order valence-electron chi connectivity index (χ1n) is 5.30. The number of nitrogen functional groups attached to an aromatic ring is 1. The molecule has 0 aliphatic carbocycles. The second-order valence-electron chi connectivity index (χ2n) is 3.63. The number of nitrogens with zero attached hydrogens (tertiary/aromatic N) is 2. The van der Waals surface area contributed by atoms with Gasteiger partial charge in [0, 0.05) is 30.2 Å². The van der Waals surface area contributed by atoms with E-state index >= 15 is 0 Å². The maximum absolute atomic E-state index is 8.55. The molecular formula is C12H16ClN3. The van der Waals surface area contributed by atoms with Gasteiger partial charge >= 0.3 is 0 Å². The lowest BCUT2D eigenvalue weighted by atomic mass is 10.2. The van der Waals surface area contributed by atoms with Crippen molar-refractivity contribution in [3.63, 3.8) is 0 Å². The standard InChI is InChI=1S/C12H16ClN3/c1-2-16(7-3-6-14)9-10-4-5-11(15)8-12(10)13/h4-5,8H,2-3,7,9,15H2,1H3. The first kappa shape index (κ1) is 12.8. The van der Waals surface area contributed by atoms with Crippen molar-refractivity contribution < 1.29 is 0 Å². The Balaban J connectivity index is 2.67. The van der Waals surface area contributed by atoms with E-state index in [2.05, 4.69) is 17.9 Å². The Morgan fingerprint density at radius 3 is 2.81 bits per heavy atom. The molecule has 0 fully saturated rings. The van der Waals surface area contributed by atoms with Crippen LogP contribution in [0.3, 0.4) is 0 Å². The fraction of sp³-hybridized carbons (Fsp3) is 0.417. The molecule has 0 heterocycles. The second-order valence-corrected chi connectivity index (χ2v) is 4.03. The molecule has 0 saturated carbocycles. The van der Waals surface area contributed by atoms with Crippen molar-refractivity contribution in [2.75, 3.05) is 18.8 Å². The lowest BCUT2D eigenvalue weighted by Crippen LogP contribution is -2.23. The number of nitriles is 1. The van der Waals surface area contributed by atoms with Crippen molar-refractivity contribution in [2.24, 2.45) is 0 Å². The molecule has 1 aromatic rings. The molecule has 0 aliphatic heterocycles. The summed E-state index contributed by atoms with van der Waals surface area (Å²) >= 11 is 6.09. The van der Waals surface area contributed by atoms with Gasteiger partial charge in [-0.1, -0.05) is 24.6 Å². The maximum atomic E-state index is 8.55. The molecule has 4 heteroatoms. The predicted octanol–water partition coefficient (Wildman–Crippen LogP) is 2.66. The fourth-order valence-electron chi connectivity index (χ4n) is 1.49. The zero-order valence-electron chi connectivity index (χ0n) is 9.41.